The molecule has 6 heteroatoms. The van der Waals surface area contributed by atoms with Crippen LogP contribution in [-0.2, 0) is 6.42 Å². The fourth-order valence-electron chi connectivity index (χ4n) is 2.47. The molecular formula is C14H20F3N3. The Labute approximate surface area is 117 Å². The highest BCUT2D eigenvalue weighted by Crippen LogP contribution is 2.21. The second kappa shape index (κ2) is 6.43. The summed E-state index contributed by atoms with van der Waals surface area (Å²) >= 11 is 0. The summed E-state index contributed by atoms with van der Waals surface area (Å²) in [5, 5.41) is 3.32. The van der Waals surface area contributed by atoms with Gasteiger partial charge in [-0.3, -0.25) is 4.90 Å². The summed E-state index contributed by atoms with van der Waals surface area (Å²) in [5.41, 5.74) is 1.21. The van der Waals surface area contributed by atoms with Crippen LogP contribution in [0.15, 0.2) is 18.3 Å². The van der Waals surface area contributed by atoms with Gasteiger partial charge < -0.3 is 5.32 Å². The average Bonchev–Trinajstić information content (AvgIpc) is 2.40. The Balaban J connectivity index is 1.82. The van der Waals surface area contributed by atoms with E-state index in [4.69, 9.17) is 0 Å². The molecule has 0 aromatic carbocycles. The van der Waals surface area contributed by atoms with Crippen LogP contribution < -0.4 is 5.32 Å². The van der Waals surface area contributed by atoms with Crippen molar-refractivity contribution in [1.82, 2.24) is 9.88 Å². The molecule has 2 heterocycles. The Morgan fingerprint density at radius 3 is 2.65 bits per heavy atom. The third kappa shape index (κ3) is 4.67. The Kier molecular flexibility index (Phi) is 4.86. The zero-order chi connectivity index (χ0) is 14.6. The predicted octanol–water partition coefficient (Wildman–Crippen LogP) is 3.08. The molecule has 1 N–H and O–H groups in total. The molecule has 0 radical (unpaired) electrons. The van der Waals surface area contributed by atoms with Gasteiger partial charge in [0.1, 0.15) is 5.82 Å². The van der Waals surface area contributed by atoms with E-state index >= 15 is 0 Å². The standard InChI is InChI=1S/C14H20F3N3/c1-2-11-3-6-18-13(9-11)19-12-4-7-20(8-5-12)10-14(15,16)17/h3,6,9,12H,2,4-5,7-8,10H2,1H3,(H,18,19). The van der Waals surface area contributed by atoms with Crippen LogP contribution in [-0.4, -0.2) is 41.7 Å². The molecule has 2 rings (SSSR count). The molecule has 3 nitrogen and oxygen atoms in total. The van der Waals surface area contributed by atoms with Crippen LogP contribution in [0.1, 0.15) is 25.3 Å². The van der Waals surface area contributed by atoms with Gasteiger partial charge in [-0.25, -0.2) is 4.98 Å². The van der Waals surface area contributed by atoms with Crippen molar-refractivity contribution in [1.29, 1.82) is 0 Å². The number of nitrogens with zero attached hydrogens (tertiary/aromatic N) is 2. The van der Waals surface area contributed by atoms with E-state index in [-0.39, 0.29) is 6.04 Å². The van der Waals surface area contributed by atoms with Gasteiger partial charge in [0.25, 0.3) is 0 Å². The average molecular weight is 287 g/mol. The largest absolute Gasteiger partial charge is 0.401 e. The van der Waals surface area contributed by atoms with Gasteiger partial charge in [0.15, 0.2) is 0 Å². The fraction of sp³-hybridized carbons (Fsp3) is 0.643. The van der Waals surface area contributed by atoms with Crippen molar-refractivity contribution < 1.29 is 13.2 Å². The monoisotopic (exact) mass is 287 g/mol. The van der Waals surface area contributed by atoms with Crippen LogP contribution in [0.25, 0.3) is 0 Å². The maximum absolute atomic E-state index is 12.3. The van der Waals surface area contributed by atoms with Crippen LogP contribution in [0, 0.1) is 0 Å². The maximum Gasteiger partial charge on any atom is 0.401 e. The van der Waals surface area contributed by atoms with E-state index in [1.165, 1.54) is 10.5 Å². The molecule has 0 amide bonds. The Morgan fingerprint density at radius 1 is 1.35 bits per heavy atom. The maximum atomic E-state index is 12.3. The van der Waals surface area contributed by atoms with Crippen LogP contribution in [0.5, 0.6) is 0 Å². The lowest BCUT2D eigenvalue weighted by atomic mass is 10.0. The molecule has 0 aliphatic carbocycles. The first-order valence-electron chi connectivity index (χ1n) is 6.97. The molecule has 1 saturated heterocycles. The molecule has 20 heavy (non-hydrogen) atoms. The summed E-state index contributed by atoms with van der Waals surface area (Å²) in [6, 6.07) is 4.18. The van der Waals surface area contributed by atoms with E-state index < -0.39 is 12.7 Å². The van der Waals surface area contributed by atoms with E-state index in [9.17, 15) is 13.2 Å². The Bertz CT molecular complexity index is 426. The minimum Gasteiger partial charge on any atom is -0.367 e. The summed E-state index contributed by atoms with van der Waals surface area (Å²) in [6.07, 6.45) is 0.0423. The first-order chi connectivity index (χ1) is 9.46. The molecule has 0 bridgehead atoms. The predicted molar refractivity (Wildman–Crippen MR) is 72.8 cm³/mol. The Hall–Kier alpha value is -1.30. The molecule has 1 aliphatic heterocycles. The highest BCUT2D eigenvalue weighted by Gasteiger charge is 2.32. The quantitative estimate of drug-likeness (QED) is 0.922. The third-order valence-electron chi connectivity index (χ3n) is 3.58. The van der Waals surface area contributed by atoms with E-state index in [0.29, 0.717) is 25.9 Å². The topological polar surface area (TPSA) is 28.2 Å². The van der Waals surface area contributed by atoms with E-state index in [1.807, 2.05) is 12.1 Å². The minimum absolute atomic E-state index is 0.207. The van der Waals surface area contributed by atoms with Crippen molar-refractivity contribution in [3.8, 4) is 0 Å². The smallest absolute Gasteiger partial charge is 0.367 e. The van der Waals surface area contributed by atoms with Crippen LogP contribution in [0.4, 0.5) is 19.0 Å². The van der Waals surface area contributed by atoms with Gasteiger partial charge in [-0.1, -0.05) is 6.92 Å². The zero-order valence-corrected chi connectivity index (χ0v) is 11.6. The molecule has 1 fully saturated rings. The van der Waals surface area contributed by atoms with Crippen molar-refractivity contribution in [3.05, 3.63) is 23.9 Å². The van der Waals surface area contributed by atoms with Crippen LogP contribution in [0.3, 0.4) is 0 Å². The number of alkyl halides is 3. The van der Waals surface area contributed by atoms with Gasteiger partial charge in [-0.15, -0.1) is 0 Å². The molecule has 0 saturated carbocycles. The molecule has 1 aromatic heterocycles. The number of hydrogen-bond donors (Lipinski definition) is 1. The first-order valence-corrected chi connectivity index (χ1v) is 6.97. The number of halogens is 3. The first kappa shape index (κ1) is 15.1. The number of nitrogens with one attached hydrogen (secondary N) is 1. The van der Waals surface area contributed by atoms with E-state index in [2.05, 4.69) is 17.2 Å². The number of aryl methyl sites for hydroxylation is 1. The van der Waals surface area contributed by atoms with Gasteiger partial charge in [0, 0.05) is 25.3 Å². The summed E-state index contributed by atoms with van der Waals surface area (Å²) < 4.78 is 36.9. The van der Waals surface area contributed by atoms with Crippen molar-refractivity contribution in [2.24, 2.45) is 0 Å². The number of pyridine rings is 1. The van der Waals surface area contributed by atoms with E-state index in [1.54, 1.807) is 6.20 Å². The Morgan fingerprint density at radius 2 is 2.05 bits per heavy atom. The molecule has 0 spiro atoms. The molecule has 0 atom stereocenters. The zero-order valence-electron chi connectivity index (χ0n) is 11.6. The van der Waals surface area contributed by atoms with Crippen molar-refractivity contribution in [3.63, 3.8) is 0 Å². The number of likely N-dealkylation sites (tertiary alicyclic amines) is 1. The lowest BCUT2D eigenvalue weighted by Gasteiger charge is -2.32. The number of hydrogen-bond acceptors (Lipinski definition) is 3. The lowest BCUT2D eigenvalue weighted by molar-refractivity contribution is -0.147. The van der Waals surface area contributed by atoms with E-state index in [0.717, 1.165) is 12.2 Å². The van der Waals surface area contributed by atoms with Crippen molar-refractivity contribution >= 4 is 5.82 Å². The van der Waals surface area contributed by atoms with Crippen molar-refractivity contribution in [2.75, 3.05) is 25.0 Å². The molecular weight excluding hydrogens is 267 g/mol. The van der Waals surface area contributed by atoms with Crippen LogP contribution in [0.2, 0.25) is 0 Å². The van der Waals surface area contributed by atoms with Gasteiger partial charge in [-0.05, 0) is 37.0 Å². The van der Waals surface area contributed by atoms with Gasteiger partial charge in [-0.2, -0.15) is 13.2 Å². The fourth-order valence-corrected chi connectivity index (χ4v) is 2.47. The van der Waals surface area contributed by atoms with Gasteiger partial charge in [0.05, 0.1) is 6.54 Å². The van der Waals surface area contributed by atoms with Gasteiger partial charge in [0.2, 0.25) is 0 Å². The van der Waals surface area contributed by atoms with Crippen molar-refractivity contribution in [2.45, 2.75) is 38.4 Å². The summed E-state index contributed by atoms with van der Waals surface area (Å²) in [7, 11) is 0. The SMILES string of the molecule is CCc1ccnc(NC2CCN(CC(F)(F)F)CC2)c1. The number of aromatic nitrogens is 1. The summed E-state index contributed by atoms with van der Waals surface area (Å²) in [5.74, 6) is 0.818. The number of piperidine rings is 1. The summed E-state index contributed by atoms with van der Waals surface area (Å²) in [6.45, 7) is 2.23. The molecule has 0 unspecified atom stereocenters. The highest BCUT2D eigenvalue weighted by molar-refractivity contribution is 5.38. The normalized spacial score (nSPS) is 18.2. The molecule has 1 aromatic rings. The number of rotatable bonds is 4. The molecule has 112 valence electrons. The lowest BCUT2D eigenvalue weighted by Crippen LogP contribution is -2.43. The minimum atomic E-state index is -4.10. The summed E-state index contributed by atoms with van der Waals surface area (Å²) in [4.78, 5) is 5.72. The highest BCUT2D eigenvalue weighted by atomic mass is 19.4. The second-order valence-corrected chi connectivity index (χ2v) is 5.21. The third-order valence-corrected chi connectivity index (χ3v) is 3.58. The number of anilines is 1. The van der Waals surface area contributed by atoms with Crippen LogP contribution >= 0.6 is 0 Å². The molecule has 1 aliphatic rings. The van der Waals surface area contributed by atoms with Gasteiger partial charge >= 0.3 is 6.18 Å². The second-order valence-electron chi connectivity index (χ2n) is 5.21.